The summed E-state index contributed by atoms with van der Waals surface area (Å²) >= 11 is 0. The molecule has 0 unspecified atom stereocenters. The largest absolute Gasteiger partial charge is 0.493 e. The summed E-state index contributed by atoms with van der Waals surface area (Å²) in [4.78, 5) is 0. The Balaban J connectivity index is 1.89. The summed E-state index contributed by atoms with van der Waals surface area (Å²) in [6, 6.07) is 3.88. The molecular formula is C17H22O4. The van der Waals surface area contributed by atoms with Crippen molar-refractivity contribution in [3.05, 3.63) is 23.3 Å². The Hall–Kier alpha value is -1.68. The summed E-state index contributed by atoms with van der Waals surface area (Å²) in [5, 5.41) is 9.70. The van der Waals surface area contributed by atoms with Crippen molar-refractivity contribution in [1.82, 2.24) is 0 Å². The number of methoxy groups -OCH3 is 1. The molecule has 0 spiro atoms. The number of ether oxygens (including phenoxy) is 3. The molecule has 0 aromatic heterocycles. The summed E-state index contributed by atoms with van der Waals surface area (Å²) in [5.74, 6) is 2.55. The van der Waals surface area contributed by atoms with E-state index >= 15 is 0 Å². The normalized spacial score (nSPS) is 18.9. The van der Waals surface area contributed by atoms with Crippen LogP contribution in [0.2, 0.25) is 0 Å². The Morgan fingerprint density at radius 2 is 2.10 bits per heavy atom. The quantitative estimate of drug-likeness (QED) is 0.923. The maximum atomic E-state index is 9.70. The van der Waals surface area contributed by atoms with E-state index in [0.717, 1.165) is 11.1 Å². The number of hydrogen-bond acceptors (Lipinski definition) is 4. The van der Waals surface area contributed by atoms with E-state index in [1.54, 1.807) is 7.11 Å². The number of benzene rings is 1. The summed E-state index contributed by atoms with van der Waals surface area (Å²) < 4.78 is 16.2. The van der Waals surface area contributed by atoms with Crippen LogP contribution >= 0.6 is 0 Å². The summed E-state index contributed by atoms with van der Waals surface area (Å²) in [6.07, 6.45) is 8.24. The topological polar surface area (TPSA) is 47.9 Å². The lowest BCUT2D eigenvalue weighted by atomic mass is 9.83. The van der Waals surface area contributed by atoms with Crippen molar-refractivity contribution in [3.8, 4) is 17.2 Å². The fourth-order valence-corrected chi connectivity index (χ4v) is 3.21. The first-order chi connectivity index (χ1) is 10.3. The van der Waals surface area contributed by atoms with Gasteiger partial charge in [0.25, 0.3) is 0 Å². The van der Waals surface area contributed by atoms with Crippen molar-refractivity contribution in [2.75, 3.05) is 20.5 Å². The first-order valence-electron chi connectivity index (χ1n) is 7.60. The molecule has 1 aromatic rings. The van der Waals surface area contributed by atoms with Crippen molar-refractivity contribution in [2.45, 2.75) is 32.1 Å². The highest BCUT2D eigenvalue weighted by Gasteiger charge is 2.21. The minimum Gasteiger partial charge on any atom is -0.493 e. The van der Waals surface area contributed by atoms with Crippen LogP contribution < -0.4 is 14.2 Å². The fourth-order valence-electron chi connectivity index (χ4n) is 3.21. The van der Waals surface area contributed by atoms with Gasteiger partial charge < -0.3 is 19.3 Å². The molecule has 1 N–H and O–H groups in total. The second-order valence-electron chi connectivity index (χ2n) is 5.67. The van der Waals surface area contributed by atoms with E-state index < -0.39 is 0 Å². The van der Waals surface area contributed by atoms with Crippen LogP contribution in [0.25, 0.3) is 6.08 Å². The van der Waals surface area contributed by atoms with Gasteiger partial charge >= 0.3 is 0 Å². The molecule has 1 fully saturated rings. The van der Waals surface area contributed by atoms with Crippen LogP contribution in [0, 0.1) is 5.92 Å². The average Bonchev–Trinajstić information content (AvgIpc) is 3.01. The second kappa shape index (κ2) is 6.39. The van der Waals surface area contributed by atoms with E-state index in [1.807, 2.05) is 12.1 Å². The van der Waals surface area contributed by atoms with Crippen LogP contribution in [0.4, 0.5) is 0 Å². The molecule has 1 aliphatic carbocycles. The summed E-state index contributed by atoms with van der Waals surface area (Å²) in [5.41, 5.74) is 2.10. The molecule has 0 radical (unpaired) electrons. The third-order valence-corrected chi connectivity index (χ3v) is 4.34. The zero-order chi connectivity index (χ0) is 14.7. The highest BCUT2D eigenvalue weighted by molar-refractivity contribution is 5.64. The van der Waals surface area contributed by atoms with Gasteiger partial charge in [-0.25, -0.2) is 0 Å². The first-order valence-corrected chi connectivity index (χ1v) is 7.60. The molecule has 4 heteroatoms. The van der Waals surface area contributed by atoms with Gasteiger partial charge in [-0.1, -0.05) is 25.3 Å². The van der Waals surface area contributed by atoms with Crippen LogP contribution in [-0.4, -0.2) is 25.6 Å². The van der Waals surface area contributed by atoms with Crippen molar-refractivity contribution < 1.29 is 19.3 Å². The highest BCUT2D eigenvalue weighted by atomic mass is 16.7. The average molecular weight is 290 g/mol. The van der Waals surface area contributed by atoms with Crippen LogP contribution in [0.1, 0.15) is 37.7 Å². The molecule has 1 heterocycles. The van der Waals surface area contributed by atoms with E-state index in [2.05, 4.69) is 6.08 Å². The monoisotopic (exact) mass is 290 g/mol. The highest BCUT2D eigenvalue weighted by Crippen LogP contribution is 2.42. The van der Waals surface area contributed by atoms with Crippen LogP contribution in [0.3, 0.4) is 0 Å². The van der Waals surface area contributed by atoms with Gasteiger partial charge in [-0.2, -0.15) is 0 Å². The lowest BCUT2D eigenvalue weighted by Gasteiger charge is -2.23. The molecule has 4 nitrogen and oxygen atoms in total. The standard InChI is InChI=1S/C17H22O4/c1-19-15-8-12(9-16-17(15)21-11-20-16)7-14(10-18)13-5-3-2-4-6-13/h7-9,13,18H,2-6,10-11H2,1H3/b14-7-. The molecular weight excluding hydrogens is 268 g/mol. The molecule has 0 saturated heterocycles. The maximum absolute atomic E-state index is 9.70. The predicted octanol–water partition coefficient (Wildman–Crippen LogP) is 3.38. The molecule has 114 valence electrons. The van der Waals surface area contributed by atoms with E-state index in [9.17, 15) is 5.11 Å². The third kappa shape index (κ3) is 3.00. The minimum atomic E-state index is 0.113. The maximum Gasteiger partial charge on any atom is 0.231 e. The van der Waals surface area contributed by atoms with Crippen LogP contribution in [-0.2, 0) is 0 Å². The minimum absolute atomic E-state index is 0.113. The Morgan fingerprint density at radius 3 is 2.81 bits per heavy atom. The van der Waals surface area contributed by atoms with Gasteiger partial charge in [0.05, 0.1) is 13.7 Å². The lowest BCUT2D eigenvalue weighted by Crippen LogP contribution is -2.11. The van der Waals surface area contributed by atoms with E-state index in [4.69, 9.17) is 14.2 Å². The summed E-state index contributed by atoms with van der Waals surface area (Å²) in [6.45, 7) is 0.343. The van der Waals surface area contributed by atoms with Gasteiger partial charge in [-0.15, -0.1) is 0 Å². The van der Waals surface area contributed by atoms with Crippen molar-refractivity contribution in [3.63, 3.8) is 0 Å². The van der Waals surface area contributed by atoms with Crippen LogP contribution in [0.15, 0.2) is 17.7 Å². The van der Waals surface area contributed by atoms with Crippen molar-refractivity contribution in [1.29, 1.82) is 0 Å². The van der Waals surface area contributed by atoms with E-state index in [0.29, 0.717) is 23.2 Å². The van der Waals surface area contributed by atoms with Gasteiger partial charge in [0.2, 0.25) is 12.5 Å². The zero-order valence-electron chi connectivity index (χ0n) is 12.4. The molecule has 21 heavy (non-hydrogen) atoms. The molecule has 1 aromatic carbocycles. The van der Waals surface area contributed by atoms with Crippen molar-refractivity contribution in [2.24, 2.45) is 5.92 Å². The number of aliphatic hydroxyl groups excluding tert-OH is 1. The molecule has 0 bridgehead atoms. The molecule has 1 aliphatic heterocycles. The zero-order valence-corrected chi connectivity index (χ0v) is 12.4. The third-order valence-electron chi connectivity index (χ3n) is 4.34. The van der Waals surface area contributed by atoms with Gasteiger partial charge in [0, 0.05) is 0 Å². The molecule has 3 rings (SSSR count). The first kappa shape index (κ1) is 14.3. The van der Waals surface area contributed by atoms with Crippen LogP contribution in [0.5, 0.6) is 17.2 Å². The lowest BCUT2D eigenvalue weighted by molar-refractivity contribution is 0.171. The molecule has 0 amide bonds. The Morgan fingerprint density at radius 1 is 1.29 bits per heavy atom. The van der Waals surface area contributed by atoms with Gasteiger partial charge in [-0.3, -0.25) is 0 Å². The number of rotatable bonds is 4. The van der Waals surface area contributed by atoms with Gasteiger partial charge in [0.15, 0.2) is 11.5 Å². The number of fused-ring (bicyclic) bond motifs is 1. The molecule has 1 saturated carbocycles. The fraction of sp³-hybridized carbons (Fsp3) is 0.529. The number of aliphatic hydroxyl groups is 1. The summed E-state index contributed by atoms with van der Waals surface area (Å²) in [7, 11) is 1.62. The number of hydrogen-bond donors (Lipinski definition) is 1. The van der Waals surface area contributed by atoms with Crippen molar-refractivity contribution >= 4 is 6.08 Å². The predicted molar refractivity (Wildman–Crippen MR) is 80.8 cm³/mol. The Bertz CT molecular complexity index is 530. The molecule has 2 aliphatic rings. The van der Waals surface area contributed by atoms with E-state index in [-0.39, 0.29) is 13.4 Å². The SMILES string of the molecule is COc1cc(/C=C(/CO)C2CCCCC2)cc2c1OCO2. The second-order valence-corrected chi connectivity index (χ2v) is 5.67. The molecule has 0 atom stereocenters. The van der Waals surface area contributed by atoms with Gasteiger partial charge in [0.1, 0.15) is 0 Å². The smallest absolute Gasteiger partial charge is 0.231 e. The van der Waals surface area contributed by atoms with Gasteiger partial charge in [-0.05, 0) is 42.0 Å². The Kier molecular flexibility index (Phi) is 4.34. The van der Waals surface area contributed by atoms with E-state index in [1.165, 1.54) is 32.1 Å². The Labute approximate surface area is 125 Å².